The van der Waals surface area contributed by atoms with Crippen LogP contribution in [0.4, 0.5) is 18.9 Å². The van der Waals surface area contributed by atoms with E-state index in [9.17, 15) is 18.0 Å². The fourth-order valence-corrected chi connectivity index (χ4v) is 2.87. The molecule has 4 aromatic rings. The third-order valence-electron chi connectivity index (χ3n) is 4.31. The van der Waals surface area contributed by atoms with E-state index in [0.717, 1.165) is 17.8 Å². The number of anilines is 1. The highest BCUT2D eigenvalue weighted by Gasteiger charge is 2.21. The summed E-state index contributed by atoms with van der Waals surface area (Å²) in [5.74, 6) is -5.14. The molecule has 0 radical (unpaired) electrons. The summed E-state index contributed by atoms with van der Waals surface area (Å²) in [4.78, 5) is 12.9. The number of benzene rings is 3. The molecule has 144 valence electrons. The number of hydrogen-bond acceptors (Lipinski definition) is 2. The Labute approximate surface area is 164 Å². The fraction of sp³-hybridized carbons (Fsp3) is 0. The van der Waals surface area contributed by atoms with Gasteiger partial charge in [0.1, 0.15) is 5.69 Å². The molecule has 1 amide bonds. The van der Waals surface area contributed by atoms with Gasteiger partial charge in [-0.3, -0.25) is 4.79 Å². The molecule has 1 heterocycles. The Morgan fingerprint density at radius 1 is 0.828 bits per heavy atom. The summed E-state index contributed by atoms with van der Waals surface area (Å²) in [6.07, 6.45) is 1.50. The zero-order valence-electron chi connectivity index (χ0n) is 14.9. The predicted octanol–water partition coefficient (Wildman–Crippen LogP) is 5.21. The first kappa shape index (κ1) is 18.5. The van der Waals surface area contributed by atoms with Gasteiger partial charge in [0.05, 0.1) is 16.9 Å². The van der Waals surface area contributed by atoms with Crippen LogP contribution in [-0.2, 0) is 0 Å². The van der Waals surface area contributed by atoms with E-state index in [1.165, 1.54) is 10.9 Å². The van der Waals surface area contributed by atoms with Crippen molar-refractivity contribution >= 4 is 11.6 Å². The van der Waals surface area contributed by atoms with Crippen LogP contribution >= 0.6 is 0 Å². The van der Waals surface area contributed by atoms with Crippen molar-refractivity contribution in [3.05, 3.63) is 102 Å². The number of amides is 1. The molecule has 0 unspecified atom stereocenters. The van der Waals surface area contributed by atoms with Gasteiger partial charge >= 0.3 is 0 Å². The first-order valence-electron chi connectivity index (χ1n) is 8.70. The number of hydrogen-bond donors (Lipinski definition) is 1. The second-order valence-corrected chi connectivity index (χ2v) is 6.21. The topological polar surface area (TPSA) is 46.9 Å². The van der Waals surface area contributed by atoms with Crippen molar-refractivity contribution in [3.63, 3.8) is 0 Å². The monoisotopic (exact) mass is 393 g/mol. The largest absolute Gasteiger partial charge is 0.319 e. The van der Waals surface area contributed by atoms with Crippen molar-refractivity contribution in [1.29, 1.82) is 0 Å². The molecule has 0 saturated heterocycles. The normalized spacial score (nSPS) is 10.7. The molecule has 29 heavy (non-hydrogen) atoms. The molecule has 0 saturated carbocycles. The summed E-state index contributed by atoms with van der Waals surface area (Å²) in [6.45, 7) is 0. The molecule has 0 aliphatic rings. The smallest absolute Gasteiger partial charge is 0.259 e. The lowest BCUT2D eigenvalue weighted by atomic mass is 10.1. The van der Waals surface area contributed by atoms with Gasteiger partial charge in [0, 0.05) is 11.8 Å². The van der Waals surface area contributed by atoms with Gasteiger partial charge in [-0.15, -0.1) is 0 Å². The SMILES string of the molecule is O=C(Nc1ccc(F)c(F)c1F)c1cn(-c2ccccc2)nc1-c1ccccc1. The molecule has 7 heteroatoms. The maximum Gasteiger partial charge on any atom is 0.259 e. The van der Waals surface area contributed by atoms with Crippen LogP contribution in [0, 0.1) is 17.5 Å². The van der Waals surface area contributed by atoms with Crippen LogP contribution < -0.4 is 5.32 Å². The highest BCUT2D eigenvalue weighted by Crippen LogP contribution is 2.26. The van der Waals surface area contributed by atoms with Crippen LogP contribution in [-0.4, -0.2) is 15.7 Å². The molecule has 0 atom stereocenters. The van der Waals surface area contributed by atoms with Gasteiger partial charge in [-0.05, 0) is 24.3 Å². The number of rotatable bonds is 4. The van der Waals surface area contributed by atoms with E-state index in [4.69, 9.17) is 0 Å². The molecular weight excluding hydrogens is 379 g/mol. The Morgan fingerprint density at radius 2 is 1.48 bits per heavy atom. The van der Waals surface area contributed by atoms with Crippen molar-refractivity contribution in [1.82, 2.24) is 9.78 Å². The first-order chi connectivity index (χ1) is 14.0. The quantitative estimate of drug-likeness (QED) is 0.484. The van der Waals surface area contributed by atoms with Crippen molar-refractivity contribution in [2.75, 3.05) is 5.32 Å². The summed E-state index contributed by atoms with van der Waals surface area (Å²) in [5, 5.41) is 6.79. The summed E-state index contributed by atoms with van der Waals surface area (Å²) in [5.41, 5.74) is 1.47. The molecule has 1 N–H and O–H groups in total. The molecule has 4 rings (SSSR count). The lowest BCUT2D eigenvalue weighted by Gasteiger charge is -2.07. The van der Waals surface area contributed by atoms with Crippen LogP contribution in [0.2, 0.25) is 0 Å². The third-order valence-corrected chi connectivity index (χ3v) is 4.31. The van der Waals surface area contributed by atoms with Crippen LogP contribution in [0.25, 0.3) is 16.9 Å². The maximum absolute atomic E-state index is 14.0. The summed E-state index contributed by atoms with van der Waals surface area (Å²) in [6, 6.07) is 19.9. The second-order valence-electron chi connectivity index (χ2n) is 6.21. The molecule has 0 aliphatic heterocycles. The highest BCUT2D eigenvalue weighted by molar-refractivity contribution is 6.08. The second kappa shape index (κ2) is 7.63. The Morgan fingerprint density at radius 3 is 2.17 bits per heavy atom. The van der Waals surface area contributed by atoms with Crippen molar-refractivity contribution < 1.29 is 18.0 Å². The Hall–Kier alpha value is -3.87. The van der Waals surface area contributed by atoms with E-state index >= 15 is 0 Å². The molecule has 4 nitrogen and oxygen atoms in total. The standard InChI is InChI=1S/C22H14F3N3O/c23-17-11-12-18(20(25)19(17)24)26-22(29)16-13-28(15-9-5-2-6-10-15)27-21(16)14-7-3-1-4-8-14/h1-13H,(H,26,29). The number of carbonyl (C=O) groups is 1. The zero-order chi connectivity index (χ0) is 20.4. The fourth-order valence-electron chi connectivity index (χ4n) is 2.87. The average Bonchev–Trinajstić information content (AvgIpc) is 3.21. The van der Waals surface area contributed by atoms with Gasteiger partial charge in [-0.25, -0.2) is 17.9 Å². The number of aromatic nitrogens is 2. The van der Waals surface area contributed by atoms with Crippen molar-refractivity contribution in [2.24, 2.45) is 0 Å². The molecule has 0 aliphatic carbocycles. The highest BCUT2D eigenvalue weighted by atomic mass is 19.2. The van der Waals surface area contributed by atoms with Crippen LogP contribution in [0.5, 0.6) is 0 Å². The van der Waals surface area contributed by atoms with Gasteiger partial charge in [-0.2, -0.15) is 5.10 Å². The molecule has 3 aromatic carbocycles. The number of halogens is 3. The van der Waals surface area contributed by atoms with Gasteiger partial charge in [0.25, 0.3) is 5.91 Å². The van der Waals surface area contributed by atoms with Crippen LogP contribution in [0.15, 0.2) is 79.0 Å². The molecule has 0 fully saturated rings. The van der Waals surface area contributed by atoms with E-state index in [1.807, 2.05) is 36.4 Å². The van der Waals surface area contributed by atoms with Crippen molar-refractivity contribution in [3.8, 4) is 16.9 Å². The first-order valence-corrected chi connectivity index (χ1v) is 8.70. The van der Waals surface area contributed by atoms with E-state index in [2.05, 4.69) is 10.4 Å². The minimum absolute atomic E-state index is 0.157. The molecule has 0 spiro atoms. The number of nitrogens with one attached hydrogen (secondary N) is 1. The number of para-hydroxylation sites is 1. The van der Waals surface area contributed by atoms with Gasteiger partial charge in [0.2, 0.25) is 0 Å². The van der Waals surface area contributed by atoms with E-state index in [-0.39, 0.29) is 5.56 Å². The minimum atomic E-state index is -1.65. The number of carbonyl (C=O) groups excluding carboxylic acids is 1. The third kappa shape index (κ3) is 3.62. The molecular formula is C22H14F3N3O. The van der Waals surface area contributed by atoms with Crippen LogP contribution in [0.1, 0.15) is 10.4 Å². The van der Waals surface area contributed by atoms with Gasteiger partial charge in [0.15, 0.2) is 17.5 Å². The van der Waals surface area contributed by atoms with Crippen molar-refractivity contribution in [2.45, 2.75) is 0 Å². The Kier molecular flexibility index (Phi) is 4.87. The summed E-state index contributed by atoms with van der Waals surface area (Å²) in [7, 11) is 0. The van der Waals surface area contributed by atoms with E-state index < -0.39 is 29.0 Å². The summed E-state index contributed by atoms with van der Waals surface area (Å²) < 4.78 is 42.2. The van der Waals surface area contributed by atoms with Gasteiger partial charge < -0.3 is 5.32 Å². The molecule has 1 aromatic heterocycles. The molecule has 0 bridgehead atoms. The van der Waals surface area contributed by atoms with E-state index in [0.29, 0.717) is 11.3 Å². The Bertz CT molecular complexity index is 1170. The van der Waals surface area contributed by atoms with Crippen LogP contribution in [0.3, 0.4) is 0 Å². The number of nitrogens with zero attached hydrogens (tertiary/aromatic N) is 2. The Balaban J connectivity index is 1.77. The maximum atomic E-state index is 14.0. The predicted molar refractivity (Wildman–Crippen MR) is 103 cm³/mol. The average molecular weight is 393 g/mol. The van der Waals surface area contributed by atoms with E-state index in [1.54, 1.807) is 24.3 Å². The summed E-state index contributed by atoms with van der Waals surface area (Å²) >= 11 is 0. The zero-order valence-corrected chi connectivity index (χ0v) is 14.9. The lowest BCUT2D eigenvalue weighted by Crippen LogP contribution is -2.14. The van der Waals surface area contributed by atoms with Gasteiger partial charge in [-0.1, -0.05) is 48.5 Å². The lowest BCUT2D eigenvalue weighted by molar-refractivity contribution is 0.102. The minimum Gasteiger partial charge on any atom is -0.319 e.